The van der Waals surface area contributed by atoms with E-state index in [0.717, 1.165) is 51.3 Å². The Bertz CT molecular complexity index is 1390. The molecule has 7 rings (SSSR count). The standard InChI is InChI=1S/C28H26NO3PS/c30-33(25-18-34-28(29-25)16-6-1-7-17-28)31-23-14-12-19-8-2-4-10-21(19)26(23)27-22-11-5-3-9-20(22)13-15-24(27)32-33/h2-5,8-15,25,29H,1,6-7,16-18H2/t25-/m1/s1. The van der Waals surface area contributed by atoms with Gasteiger partial charge in [0.05, 0.1) is 4.87 Å². The minimum Gasteiger partial charge on any atom is -0.414 e. The van der Waals surface area contributed by atoms with E-state index in [2.05, 4.69) is 29.6 Å². The van der Waals surface area contributed by atoms with Gasteiger partial charge in [-0.3, -0.25) is 5.32 Å². The average molecular weight is 488 g/mol. The molecule has 1 saturated carbocycles. The van der Waals surface area contributed by atoms with Crippen LogP contribution in [0.15, 0.2) is 72.8 Å². The highest BCUT2D eigenvalue weighted by atomic mass is 32.2. The van der Waals surface area contributed by atoms with Crippen molar-refractivity contribution in [3.05, 3.63) is 72.8 Å². The molecular weight excluding hydrogens is 461 g/mol. The molecule has 1 N–H and O–H groups in total. The van der Waals surface area contributed by atoms with E-state index in [1.165, 1.54) is 19.3 Å². The molecule has 3 aliphatic rings. The van der Waals surface area contributed by atoms with Gasteiger partial charge in [0.2, 0.25) is 0 Å². The van der Waals surface area contributed by atoms with E-state index in [0.29, 0.717) is 11.5 Å². The summed E-state index contributed by atoms with van der Waals surface area (Å²) in [5.74, 6) is 1.65. The summed E-state index contributed by atoms with van der Waals surface area (Å²) in [6.45, 7) is 0. The number of thioether (sulfide) groups is 1. The fourth-order valence-electron chi connectivity index (χ4n) is 5.80. The summed E-state index contributed by atoms with van der Waals surface area (Å²) in [5.41, 5.74) is 1.92. The maximum atomic E-state index is 14.6. The summed E-state index contributed by atoms with van der Waals surface area (Å²) < 4.78 is 27.5. The van der Waals surface area contributed by atoms with Crippen molar-refractivity contribution in [2.24, 2.45) is 0 Å². The first-order valence-electron chi connectivity index (χ1n) is 12.1. The minimum atomic E-state index is -3.55. The van der Waals surface area contributed by atoms with Crippen LogP contribution in [0.5, 0.6) is 11.5 Å². The summed E-state index contributed by atoms with van der Waals surface area (Å²) >= 11 is 1.90. The highest BCUT2D eigenvalue weighted by Crippen LogP contribution is 2.63. The maximum absolute atomic E-state index is 14.6. The van der Waals surface area contributed by atoms with Crippen LogP contribution in [0.4, 0.5) is 0 Å². The van der Waals surface area contributed by atoms with Crippen molar-refractivity contribution in [1.82, 2.24) is 5.32 Å². The molecule has 4 aromatic carbocycles. The van der Waals surface area contributed by atoms with Crippen LogP contribution in [0.25, 0.3) is 32.7 Å². The van der Waals surface area contributed by atoms with Crippen LogP contribution < -0.4 is 14.4 Å². The Labute approximate surface area is 203 Å². The summed E-state index contributed by atoms with van der Waals surface area (Å²) in [7, 11) is -3.55. The normalized spacial score (nSPS) is 22.5. The SMILES string of the molecule is O=P1([C@@H]2CSC3(CCCCC3)N2)Oc2ccc3ccccc3c2-c2c(ccc3ccccc23)O1. The Morgan fingerprint density at radius 2 is 1.32 bits per heavy atom. The van der Waals surface area contributed by atoms with Crippen LogP contribution in [0, 0.1) is 0 Å². The molecular formula is C28H26NO3PS. The third kappa shape index (κ3) is 3.21. The topological polar surface area (TPSA) is 47.6 Å². The van der Waals surface area contributed by atoms with Gasteiger partial charge in [0.1, 0.15) is 17.3 Å². The van der Waals surface area contributed by atoms with Gasteiger partial charge in [-0.15, -0.1) is 11.8 Å². The predicted octanol–water partition coefficient (Wildman–Crippen LogP) is 7.95. The Hall–Kier alpha value is -2.46. The van der Waals surface area contributed by atoms with E-state index < -0.39 is 7.60 Å². The fourth-order valence-corrected chi connectivity index (χ4v) is 9.75. The number of rotatable bonds is 1. The molecule has 1 aliphatic carbocycles. The van der Waals surface area contributed by atoms with Crippen molar-refractivity contribution in [3.8, 4) is 22.6 Å². The van der Waals surface area contributed by atoms with Gasteiger partial charge in [0.15, 0.2) is 0 Å². The summed E-state index contributed by atoms with van der Waals surface area (Å²) in [6, 6.07) is 24.6. The molecule has 0 bridgehead atoms. The van der Waals surface area contributed by atoms with Gasteiger partial charge in [-0.05, 0) is 46.5 Å². The van der Waals surface area contributed by atoms with E-state index in [9.17, 15) is 4.57 Å². The average Bonchev–Trinajstić information content (AvgIpc) is 3.22. The first kappa shape index (κ1) is 20.9. The molecule has 0 radical (unpaired) electrons. The van der Waals surface area contributed by atoms with E-state index in [4.69, 9.17) is 9.05 Å². The monoisotopic (exact) mass is 487 g/mol. The van der Waals surface area contributed by atoms with Crippen LogP contribution in [0.1, 0.15) is 32.1 Å². The second-order valence-electron chi connectivity index (χ2n) is 9.57. The molecule has 1 saturated heterocycles. The van der Waals surface area contributed by atoms with Crippen molar-refractivity contribution in [2.45, 2.75) is 42.8 Å². The third-order valence-corrected chi connectivity index (χ3v) is 11.3. The number of nitrogens with one attached hydrogen (secondary N) is 1. The summed E-state index contributed by atoms with van der Waals surface area (Å²) in [6.07, 6.45) is 5.91. The lowest BCUT2D eigenvalue weighted by molar-refractivity contribution is 0.321. The van der Waals surface area contributed by atoms with Gasteiger partial charge < -0.3 is 9.05 Å². The van der Waals surface area contributed by atoms with Crippen LogP contribution in [-0.2, 0) is 4.57 Å². The zero-order valence-electron chi connectivity index (χ0n) is 18.8. The zero-order chi connectivity index (χ0) is 22.8. The molecule has 0 aromatic heterocycles. The van der Waals surface area contributed by atoms with Crippen molar-refractivity contribution in [3.63, 3.8) is 0 Å². The molecule has 6 heteroatoms. The predicted molar refractivity (Wildman–Crippen MR) is 141 cm³/mol. The van der Waals surface area contributed by atoms with E-state index >= 15 is 0 Å². The molecule has 0 unspecified atom stereocenters. The van der Waals surface area contributed by atoms with Gasteiger partial charge >= 0.3 is 7.60 Å². The second-order valence-corrected chi connectivity index (χ2v) is 13.0. The molecule has 2 fully saturated rings. The molecule has 2 aliphatic heterocycles. The van der Waals surface area contributed by atoms with E-state index in [-0.39, 0.29) is 10.7 Å². The Morgan fingerprint density at radius 3 is 1.91 bits per heavy atom. The van der Waals surface area contributed by atoms with Gasteiger partial charge in [0.25, 0.3) is 0 Å². The Balaban J connectivity index is 1.44. The molecule has 4 nitrogen and oxygen atoms in total. The number of fused-ring (bicyclic) bond motifs is 7. The van der Waals surface area contributed by atoms with Crippen molar-refractivity contribution >= 4 is 40.9 Å². The van der Waals surface area contributed by atoms with Crippen LogP contribution in [0.3, 0.4) is 0 Å². The van der Waals surface area contributed by atoms with Gasteiger partial charge in [0, 0.05) is 16.9 Å². The number of hydrogen-bond donors (Lipinski definition) is 1. The Morgan fingerprint density at radius 1 is 0.765 bits per heavy atom. The van der Waals surface area contributed by atoms with Crippen LogP contribution in [0.2, 0.25) is 0 Å². The number of benzene rings is 4. The lowest BCUT2D eigenvalue weighted by Gasteiger charge is -2.34. The second kappa shape index (κ2) is 7.78. The van der Waals surface area contributed by atoms with E-state index in [1.54, 1.807) is 0 Å². The molecule has 1 spiro atoms. The lowest BCUT2D eigenvalue weighted by Crippen LogP contribution is -2.44. The fraction of sp³-hybridized carbons (Fsp3) is 0.286. The molecule has 34 heavy (non-hydrogen) atoms. The van der Waals surface area contributed by atoms with Crippen LogP contribution in [-0.4, -0.2) is 16.4 Å². The van der Waals surface area contributed by atoms with Crippen molar-refractivity contribution < 1.29 is 13.6 Å². The minimum absolute atomic E-state index is 0.00220. The first-order chi connectivity index (χ1) is 16.6. The molecule has 4 aromatic rings. The van der Waals surface area contributed by atoms with Gasteiger partial charge in [-0.25, -0.2) is 4.57 Å². The quantitative estimate of drug-likeness (QED) is 0.276. The van der Waals surface area contributed by atoms with Crippen molar-refractivity contribution in [2.75, 3.05) is 5.75 Å². The summed E-state index contributed by atoms with van der Waals surface area (Å²) in [5, 5.41) is 8.13. The smallest absolute Gasteiger partial charge is 0.414 e. The third-order valence-electron chi connectivity index (χ3n) is 7.47. The largest absolute Gasteiger partial charge is 0.448 e. The summed E-state index contributed by atoms with van der Waals surface area (Å²) in [4.78, 5) is -0.00220. The first-order valence-corrected chi connectivity index (χ1v) is 14.7. The molecule has 2 heterocycles. The molecule has 0 amide bonds. The maximum Gasteiger partial charge on any atom is 0.448 e. The Kier molecular flexibility index (Phi) is 4.77. The lowest BCUT2D eigenvalue weighted by atomic mass is 9.92. The number of hydrogen-bond acceptors (Lipinski definition) is 5. The van der Waals surface area contributed by atoms with Crippen molar-refractivity contribution in [1.29, 1.82) is 0 Å². The molecule has 172 valence electrons. The zero-order valence-corrected chi connectivity index (χ0v) is 20.5. The highest BCUT2D eigenvalue weighted by Gasteiger charge is 2.51. The highest BCUT2D eigenvalue weighted by molar-refractivity contribution is 8.01. The van der Waals surface area contributed by atoms with Gasteiger partial charge in [-0.1, -0.05) is 79.9 Å². The molecule has 1 atom stereocenters. The van der Waals surface area contributed by atoms with E-state index in [1.807, 2.05) is 60.3 Å². The van der Waals surface area contributed by atoms with Gasteiger partial charge in [-0.2, -0.15) is 0 Å². The van der Waals surface area contributed by atoms with Crippen LogP contribution >= 0.6 is 19.4 Å².